The monoisotopic (exact) mass is 583 g/mol. The van der Waals surface area contributed by atoms with Gasteiger partial charge in [0, 0.05) is 21.3 Å². The SMILES string of the molecule is COCOc1ccccc1[P+](CI)(c1ccccc1OCOC)c1ccccc1OCOC. The van der Waals surface area contributed by atoms with Crippen LogP contribution in [0.1, 0.15) is 0 Å². The van der Waals surface area contributed by atoms with Crippen molar-refractivity contribution in [3.05, 3.63) is 72.8 Å². The van der Waals surface area contributed by atoms with E-state index in [9.17, 15) is 0 Å². The third-order valence-corrected chi connectivity index (χ3v) is 12.0. The molecule has 0 aliphatic rings. The Morgan fingerprint density at radius 1 is 0.545 bits per heavy atom. The molecule has 0 aromatic heterocycles. The highest BCUT2D eigenvalue weighted by Crippen LogP contribution is 2.61. The lowest BCUT2D eigenvalue weighted by molar-refractivity contribution is 0.0518. The zero-order chi connectivity index (χ0) is 23.5. The van der Waals surface area contributed by atoms with Crippen LogP contribution in [0.25, 0.3) is 0 Å². The van der Waals surface area contributed by atoms with Crippen molar-refractivity contribution in [3.63, 3.8) is 0 Å². The van der Waals surface area contributed by atoms with Crippen molar-refractivity contribution in [1.82, 2.24) is 0 Å². The van der Waals surface area contributed by atoms with Gasteiger partial charge in [-0.15, -0.1) is 0 Å². The van der Waals surface area contributed by atoms with Gasteiger partial charge in [-0.3, -0.25) is 0 Å². The molecular weight excluding hydrogens is 554 g/mol. The zero-order valence-electron chi connectivity index (χ0n) is 19.0. The van der Waals surface area contributed by atoms with Gasteiger partial charge >= 0.3 is 0 Å². The van der Waals surface area contributed by atoms with E-state index in [0.29, 0.717) is 0 Å². The molecule has 0 aliphatic carbocycles. The summed E-state index contributed by atoms with van der Waals surface area (Å²) in [4.78, 5) is 0. The van der Waals surface area contributed by atoms with Crippen molar-refractivity contribution >= 4 is 45.8 Å². The number of hydrogen-bond donors (Lipinski definition) is 0. The number of ether oxygens (including phenoxy) is 6. The van der Waals surface area contributed by atoms with Gasteiger partial charge < -0.3 is 28.4 Å². The van der Waals surface area contributed by atoms with Crippen LogP contribution in [-0.2, 0) is 14.2 Å². The fourth-order valence-corrected chi connectivity index (χ4v) is 10.7. The molecule has 33 heavy (non-hydrogen) atoms. The molecule has 6 nitrogen and oxygen atoms in total. The van der Waals surface area contributed by atoms with E-state index in [1.807, 2.05) is 54.6 Å². The molecule has 176 valence electrons. The fourth-order valence-electron chi connectivity index (χ4n) is 3.63. The molecule has 0 saturated carbocycles. The van der Waals surface area contributed by atoms with E-state index in [0.717, 1.165) is 37.3 Å². The lowest BCUT2D eigenvalue weighted by atomic mass is 10.3. The van der Waals surface area contributed by atoms with Crippen LogP contribution in [0.15, 0.2) is 72.8 Å². The minimum Gasteiger partial charge on any atom is -0.463 e. The van der Waals surface area contributed by atoms with Crippen molar-refractivity contribution in [2.45, 2.75) is 0 Å². The molecule has 3 aromatic carbocycles. The number of halogens is 1. The first kappa shape index (κ1) is 25.7. The summed E-state index contributed by atoms with van der Waals surface area (Å²) in [7, 11) is 2.53. The molecule has 3 rings (SSSR count). The van der Waals surface area contributed by atoms with E-state index in [1.165, 1.54) is 0 Å². The number of benzene rings is 3. The van der Waals surface area contributed by atoms with Crippen LogP contribution in [-0.4, -0.2) is 45.9 Å². The molecule has 3 aromatic rings. The molecule has 0 spiro atoms. The minimum atomic E-state index is -2.32. The van der Waals surface area contributed by atoms with E-state index < -0.39 is 7.26 Å². The van der Waals surface area contributed by atoms with Crippen molar-refractivity contribution in [2.24, 2.45) is 0 Å². The molecule has 0 amide bonds. The topological polar surface area (TPSA) is 55.4 Å². The Bertz CT molecular complexity index is 890. The Morgan fingerprint density at radius 2 is 0.848 bits per heavy atom. The van der Waals surface area contributed by atoms with Gasteiger partial charge in [0.05, 0.1) is 0 Å². The van der Waals surface area contributed by atoms with E-state index in [1.54, 1.807) is 21.3 Å². The predicted octanol–water partition coefficient (Wildman–Crippen LogP) is 4.32. The largest absolute Gasteiger partial charge is 0.463 e. The highest BCUT2D eigenvalue weighted by atomic mass is 127. The second-order valence-electron chi connectivity index (χ2n) is 6.99. The van der Waals surface area contributed by atoms with Crippen LogP contribution in [0.5, 0.6) is 17.2 Å². The van der Waals surface area contributed by atoms with Crippen molar-refractivity contribution in [3.8, 4) is 17.2 Å². The van der Waals surface area contributed by atoms with Crippen molar-refractivity contribution in [2.75, 3.05) is 45.9 Å². The molecule has 0 heterocycles. The van der Waals surface area contributed by atoms with Gasteiger partial charge in [-0.05, 0) is 59.0 Å². The Labute approximate surface area is 209 Å². The van der Waals surface area contributed by atoms with Gasteiger partial charge in [-0.2, -0.15) is 0 Å². The molecule has 0 atom stereocenters. The van der Waals surface area contributed by atoms with Gasteiger partial charge in [-0.1, -0.05) is 36.4 Å². The Balaban J connectivity index is 2.34. The molecule has 0 N–H and O–H groups in total. The first-order valence-electron chi connectivity index (χ1n) is 10.3. The fraction of sp³-hybridized carbons (Fsp3) is 0.280. The molecule has 0 aliphatic heterocycles. The maximum absolute atomic E-state index is 6.05. The molecule has 8 heteroatoms. The quantitative estimate of drug-likeness (QED) is 0.129. The van der Waals surface area contributed by atoms with Crippen molar-refractivity contribution < 1.29 is 28.4 Å². The van der Waals surface area contributed by atoms with E-state index in [-0.39, 0.29) is 20.4 Å². The van der Waals surface area contributed by atoms with Gasteiger partial charge in [0.25, 0.3) is 0 Å². The van der Waals surface area contributed by atoms with Crippen molar-refractivity contribution in [1.29, 1.82) is 0 Å². The average Bonchev–Trinajstić information content (AvgIpc) is 2.87. The second-order valence-corrected chi connectivity index (χ2v) is 12.3. The van der Waals surface area contributed by atoms with Crippen LogP contribution in [0.2, 0.25) is 0 Å². The molecule has 0 radical (unpaired) electrons. The molecule has 0 unspecified atom stereocenters. The number of rotatable bonds is 13. The van der Waals surface area contributed by atoms with Crippen LogP contribution in [0.4, 0.5) is 0 Å². The standard InChI is InChI=1S/C25H29IO6P/c1-27-17-30-20-10-4-7-13-23(20)33(16-26,24-14-8-5-11-21(24)31-18-28-2)25-15-9-6-12-22(25)32-19-29-3/h4-15H,16-19H2,1-3H3/q+1. The first-order valence-corrected chi connectivity index (χ1v) is 13.8. The van der Waals surface area contributed by atoms with E-state index in [2.05, 4.69) is 40.8 Å². The van der Waals surface area contributed by atoms with Gasteiger partial charge in [0.15, 0.2) is 37.6 Å². The Morgan fingerprint density at radius 3 is 1.12 bits per heavy atom. The van der Waals surface area contributed by atoms with E-state index >= 15 is 0 Å². The predicted molar refractivity (Wildman–Crippen MR) is 142 cm³/mol. The molecule has 0 saturated heterocycles. The van der Waals surface area contributed by atoms with Crippen LogP contribution in [0.3, 0.4) is 0 Å². The summed E-state index contributed by atoms with van der Waals surface area (Å²) in [5.41, 5.74) is 0. The Hall–Kier alpha value is -1.90. The molecular formula is C25H29IO6P+. The zero-order valence-corrected chi connectivity index (χ0v) is 22.1. The van der Waals surface area contributed by atoms with E-state index in [4.69, 9.17) is 28.4 Å². The number of hydrogen-bond acceptors (Lipinski definition) is 6. The van der Waals surface area contributed by atoms with Gasteiger partial charge in [-0.25, -0.2) is 0 Å². The maximum atomic E-state index is 6.05. The summed E-state index contributed by atoms with van der Waals surface area (Å²) in [5, 5.41) is 3.25. The van der Waals surface area contributed by atoms with Crippen LogP contribution >= 0.6 is 29.9 Å². The number of alkyl halides is 1. The lowest BCUT2D eigenvalue weighted by Crippen LogP contribution is -2.35. The summed E-state index contributed by atoms with van der Waals surface area (Å²) in [6.07, 6.45) is 0. The molecule has 0 bridgehead atoms. The number of methoxy groups -OCH3 is 3. The van der Waals surface area contributed by atoms with Gasteiger partial charge in [0.2, 0.25) is 0 Å². The first-order chi connectivity index (χ1) is 16.2. The van der Waals surface area contributed by atoms with Crippen LogP contribution in [0, 0.1) is 0 Å². The summed E-state index contributed by atoms with van der Waals surface area (Å²) >= 11 is 2.46. The average molecular weight is 583 g/mol. The lowest BCUT2D eigenvalue weighted by Gasteiger charge is -2.29. The second kappa shape index (κ2) is 13.1. The highest BCUT2D eigenvalue weighted by Gasteiger charge is 2.50. The smallest absolute Gasteiger partial charge is 0.188 e. The summed E-state index contributed by atoms with van der Waals surface area (Å²) < 4.78 is 34.6. The maximum Gasteiger partial charge on any atom is 0.188 e. The molecule has 0 fully saturated rings. The highest BCUT2D eigenvalue weighted by molar-refractivity contribution is 14.1. The third kappa shape index (κ3) is 5.78. The van der Waals surface area contributed by atoms with Gasteiger partial charge in [0.1, 0.15) is 27.3 Å². The van der Waals surface area contributed by atoms with Crippen LogP contribution < -0.4 is 30.1 Å². The minimum absolute atomic E-state index is 0.155. The third-order valence-electron chi connectivity index (χ3n) is 5.01. The summed E-state index contributed by atoms with van der Waals surface area (Å²) in [6.45, 7) is 0.464. The summed E-state index contributed by atoms with van der Waals surface area (Å²) in [6, 6.07) is 24.3. The Kier molecular flexibility index (Phi) is 10.2. The summed E-state index contributed by atoms with van der Waals surface area (Å²) in [5.74, 6) is 2.31. The normalized spacial score (nSPS) is 11.3. The number of para-hydroxylation sites is 3.